The molecule has 7 heteroatoms. The molecule has 2 aromatic carbocycles. The van der Waals surface area contributed by atoms with Gasteiger partial charge in [-0.05, 0) is 54.9 Å². The third kappa shape index (κ3) is 7.39. The molecule has 0 radical (unpaired) electrons. The number of nitrogens with two attached hydrogens (primary N) is 1. The summed E-state index contributed by atoms with van der Waals surface area (Å²) in [6, 6.07) is 16.2. The van der Waals surface area contributed by atoms with Gasteiger partial charge in [0.15, 0.2) is 0 Å². The van der Waals surface area contributed by atoms with Crippen molar-refractivity contribution in [3.8, 4) is 0 Å². The predicted octanol–water partition coefficient (Wildman–Crippen LogP) is 3.14. The molecular weight excluding hydrogens is 440 g/mol. The fraction of sp³-hybridized carbons (Fsp3) is 0.464. The van der Waals surface area contributed by atoms with Gasteiger partial charge in [0, 0.05) is 24.7 Å². The van der Waals surface area contributed by atoms with Crippen molar-refractivity contribution in [1.29, 1.82) is 0 Å². The Morgan fingerprint density at radius 1 is 0.971 bits per heavy atom. The molecule has 2 aromatic rings. The minimum absolute atomic E-state index is 0.0634. The third-order valence-corrected chi connectivity index (χ3v) is 6.67. The van der Waals surface area contributed by atoms with E-state index in [0.717, 1.165) is 12.0 Å². The van der Waals surface area contributed by atoms with E-state index in [-0.39, 0.29) is 29.6 Å². The summed E-state index contributed by atoms with van der Waals surface area (Å²) in [6.45, 7) is 6.89. The van der Waals surface area contributed by atoms with Crippen molar-refractivity contribution >= 4 is 23.4 Å². The van der Waals surface area contributed by atoms with Crippen LogP contribution in [0.15, 0.2) is 54.6 Å². The maximum absolute atomic E-state index is 13.0. The van der Waals surface area contributed by atoms with Crippen LogP contribution in [0.5, 0.6) is 0 Å². The van der Waals surface area contributed by atoms with Gasteiger partial charge in [-0.15, -0.1) is 0 Å². The SMILES string of the molecule is CCc1ccc(NC(=O)[C@@H](NC(=O)C2CCN(C(=O)[C@@H](N)Cc3ccccc3)CC2)C(C)C)cc1. The van der Waals surface area contributed by atoms with Crippen molar-refractivity contribution in [2.45, 2.75) is 58.5 Å². The number of anilines is 1. The first-order chi connectivity index (χ1) is 16.8. The highest BCUT2D eigenvalue weighted by Gasteiger charge is 2.32. The number of hydrogen-bond acceptors (Lipinski definition) is 4. The number of nitrogens with zero attached hydrogens (tertiary/aromatic N) is 1. The quantitative estimate of drug-likeness (QED) is 0.515. The number of nitrogens with one attached hydrogen (secondary N) is 2. The van der Waals surface area contributed by atoms with E-state index in [9.17, 15) is 14.4 Å². The molecule has 0 unspecified atom stereocenters. The third-order valence-electron chi connectivity index (χ3n) is 6.67. The Morgan fingerprint density at radius 2 is 1.60 bits per heavy atom. The highest BCUT2D eigenvalue weighted by atomic mass is 16.2. The maximum atomic E-state index is 13.0. The van der Waals surface area contributed by atoms with Crippen molar-refractivity contribution < 1.29 is 14.4 Å². The number of carbonyl (C=O) groups is 3. The van der Waals surface area contributed by atoms with Gasteiger partial charge in [0.25, 0.3) is 0 Å². The molecule has 1 saturated heterocycles. The van der Waals surface area contributed by atoms with Gasteiger partial charge in [0.1, 0.15) is 6.04 Å². The van der Waals surface area contributed by atoms with E-state index in [0.29, 0.717) is 38.0 Å². The second-order valence-electron chi connectivity index (χ2n) is 9.67. The molecule has 188 valence electrons. The Bertz CT molecular complexity index is 983. The van der Waals surface area contributed by atoms with Crippen molar-refractivity contribution in [2.75, 3.05) is 18.4 Å². The van der Waals surface area contributed by atoms with E-state index in [2.05, 4.69) is 17.6 Å². The highest BCUT2D eigenvalue weighted by molar-refractivity contribution is 5.97. The maximum Gasteiger partial charge on any atom is 0.247 e. The molecule has 0 saturated carbocycles. The summed E-state index contributed by atoms with van der Waals surface area (Å²) in [5.74, 6) is -0.743. The first-order valence-electron chi connectivity index (χ1n) is 12.6. The summed E-state index contributed by atoms with van der Waals surface area (Å²) in [5.41, 5.74) is 9.11. The lowest BCUT2D eigenvalue weighted by molar-refractivity contribution is -0.137. The largest absolute Gasteiger partial charge is 0.344 e. The lowest BCUT2D eigenvalue weighted by Gasteiger charge is -2.34. The van der Waals surface area contributed by atoms with Gasteiger partial charge in [-0.3, -0.25) is 14.4 Å². The van der Waals surface area contributed by atoms with E-state index in [1.54, 1.807) is 4.90 Å². The van der Waals surface area contributed by atoms with Crippen LogP contribution in [0.3, 0.4) is 0 Å². The molecule has 1 aliphatic heterocycles. The second-order valence-corrected chi connectivity index (χ2v) is 9.67. The van der Waals surface area contributed by atoms with Crippen molar-refractivity contribution in [3.05, 3.63) is 65.7 Å². The minimum Gasteiger partial charge on any atom is -0.344 e. The number of benzene rings is 2. The van der Waals surface area contributed by atoms with Crippen molar-refractivity contribution in [2.24, 2.45) is 17.6 Å². The molecule has 0 bridgehead atoms. The van der Waals surface area contributed by atoms with Crippen LogP contribution in [0.2, 0.25) is 0 Å². The van der Waals surface area contributed by atoms with Crippen LogP contribution in [0.25, 0.3) is 0 Å². The highest BCUT2D eigenvalue weighted by Crippen LogP contribution is 2.20. The van der Waals surface area contributed by atoms with Crippen LogP contribution in [-0.2, 0) is 27.2 Å². The molecule has 1 heterocycles. The molecule has 0 aromatic heterocycles. The minimum atomic E-state index is -0.632. The van der Waals surface area contributed by atoms with Crippen molar-refractivity contribution in [3.63, 3.8) is 0 Å². The average Bonchev–Trinajstić information content (AvgIpc) is 2.87. The van der Waals surface area contributed by atoms with E-state index in [1.165, 1.54) is 5.56 Å². The molecule has 35 heavy (non-hydrogen) atoms. The predicted molar refractivity (Wildman–Crippen MR) is 139 cm³/mol. The number of aryl methyl sites for hydroxylation is 1. The van der Waals surface area contributed by atoms with Gasteiger partial charge in [0.05, 0.1) is 6.04 Å². The van der Waals surface area contributed by atoms with E-state index < -0.39 is 12.1 Å². The Morgan fingerprint density at radius 3 is 2.17 bits per heavy atom. The molecule has 0 aliphatic carbocycles. The number of amides is 3. The lowest BCUT2D eigenvalue weighted by Crippen LogP contribution is -2.52. The number of piperidine rings is 1. The molecule has 7 nitrogen and oxygen atoms in total. The lowest BCUT2D eigenvalue weighted by atomic mass is 9.93. The molecule has 2 atom stereocenters. The first-order valence-corrected chi connectivity index (χ1v) is 12.6. The summed E-state index contributed by atoms with van der Waals surface area (Å²) < 4.78 is 0. The van der Waals surface area contributed by atoms with Crippen LogP contribution in [-0.4, -0.2) is 47.8 Å². The van der Waals surface area contributed by atoms with Gasteiger partial charge in [-0.1, -0.05) is 63.2 Å². The van der Waals surface area contributed by atoms with Gasteiger partial charge < -0.3 is 21.3 Å². The number of carbonyl (C=O) groups excluding carboxylic acids is 3. The first kappa shape index (κ1) is 26.4. The zero-order valence-electron chi connectivity index (χ0n) is 21.0. The average molecular weight is 479 g/mol. The van der Waals surface area contributed by atoms with Gasteiger partial charge >= 0.3 is 0 Å². The molecule has 3 rings (SSSR count). The van der Waals surface area contributed by atoms with E-state index in [4.69, 9.17) is 5.73 Å². The van der Waals surface area contributed by atoms with Crippen LogP contribution >= 0.6 is 0 Å². The van der Waals surface area contributed by atoms with Crippen LogP contribution < -0.4 is 16.4 Å². The molecule has 4 N–H and O–H groups in total. The van der Waals surface area contributed by atoms with Crippen LogP contribution in [0, 0.1) is 11.8 Å². The fourth-order valence-corrected chi connectivity index (χ4v) is 4.40. The van der Waals surface area contributed by atoms with Gasteiger partial charge in [-0.2, -0.15) is 0 Å². The number of rotatable bonds is 9. The van der Waals surface area contributed by atoms with Crippen molar-refractivity contribution in [1.82, 2.24) is 10.2 Å². The fourth-order valence-electron chi connectivity index (χ4n) is 4.40. The molecule has 3 amide bonds. The zero-order valence-corrected chi connectivity index (χ0v) is 21.0. The molecule has 1 aliphatic rings. The zero-order chi connectivity index (χ0) is 25.4. The smallest absolute Gasteiger partial charge is 0.247 e. The number of likely N-dealkylation sites (tertiary alicyclic amines) is 1. The molecule has 1 fully saturated rings. The van der Waals surface area contributed by atoms with Gasteiger partial charge in [0.2, 0.25) is 17.7 Å². The molecular formula is C28H38N4O3. The monoisotopic (exact) mass is 478 g/mol. The van der Waals surface area contributed by atoms with Crippen LogP contribution in [0.1, 0.15) is 44.7 Å². The summed E-state index contributed by atoms with van der Waals surface area (Å²) in [5, 5.41) is 5.87. The molecule has 0 spiro atoms. The number of hydrogen-bond donors (Lipinski definition) is 3. The Balaban J connectivity index is 1.50. The topological polar surface area (TPSA) is 105 Å². The normalized spacial score (nSPS) is 16.0. The van der Waals surface area contributed by atoms with Gasteiger partial charge in [-0.25, -0.2) is 0 Å². The van der Waals surface area contributed by atoms with E-state index >= 15 is 0 Å². The second kappa shape index (κ2) is 12.5. The Labute approximate surface area is 208 Å². The summed E-state index contributed by atoms with van der Waals surface area (Å²) in [4.78, 5) is 40.4. The summed E-state index contributed by atoms with van der Waals surface area (Å²) >= 11 is 0. The van der Waals surface area contributed by atoms with E-state index in [1.807, 2.05) is 68.4 Å². The Hall–Kier alpha value is -3.19. The standard InChI is InChI=1S/C28H38N4O3/c1-4-20-10-12-23(13-11-20)30-27(34)25(19(2)3)31-26(33)22-14-16-32(17-15-22)28(35)24(29)18-21-8-6-5-7-9-21/h5-13,19,22,24-25H,4,14-18,29H2,1-3H3,(H,30,34)(H,31,33)/t24-,25-/m0/s1. The summed E-state index contributed by atoms with van der Waals surface area (Å²) in [7, 11) is 0. The summed E-state index contributed by atoms with van der Waals surface area (Å²) in [6.07, 6.45) is 2.54. The Kier molecular flexibility index (Phi) is 9.43. The van der Waals surface area contributed by atoms with Crippen LogP contribution in [0.4, 0.5) is 5.69 Å².